The first-order valence-electron chi connectivity index (χ1n) is 7.71. The van der Waals surface area contributed by atoms with Crippen LogP contribution in [0.25, 0.3) is 0 Å². The molecule has 4 heteroatoms. The Hall–Kier alpha value is -1.32. The maximum atomic E-state index is 12.7. The van der Waals surface area contributed by atoms with E-state index in [0.29, 0.717) is 5.02 Å². The SMILES string of the molecule is C=C1CCCC(NC(=O)C(C)(C)c2ccc(Cl)cc2)C1CO. The molecular formula is C18H24ClNO2. The van der Waals surface area contributed by atoms with E-state index in [2.05, 4.69) is 11.9 Å². The lowest BCUT2D eigenvalue weighted by atomic mass is 9.79. The Morgan fingerprint density at radius 2 is 2.05 bits per heavy atom. The predicted octanol–water partition coefficient (Wildman–Crippen LogP) is 3.45. The molecule has 0 aliphatic heterocycles. The summed E-state index contributed by atoms with van der Waals surface area (Å²) >= 11 is 5.91. The Morgan fingerprint density at radius 1 is 1.41 bits per heavy atom. The number of hydrogen-bond donors (Lipinski definition) is 2. The first kappa shape index (κ1) is 17.0. The molecule has 0 heterocycles. The number of carbonyl (C=O) groups is 1. The number of halogens is 1. The molecule has 2 unspecified atom stereocenters. The maximum Gasteiger partial charge on any atom is 0.230 e. The molecule has 2 rings (SSSR count). The fraction of sp³-hybridized carbons (Fsp3) is 0.500. The van der Waals surface area contributed by atoms with Crippen LogP contribution in [-0.2, 0) is 10.2 Å². The van der Waals surface area contributed by atoms with Crippen molar-refractivity contribution in [2.24, 2.45) is 5.92 Å². The van der Waals surface area contributed by atoms with Gasteiger partial charge in [0.25, 0.3) is 0 Å². The van der Waals surface area contributed by atoms with Crippen molar-refractivity contribution in [1.29, 1.82) is 0 Å². The van der Waals surface area contributed by atoms with E-state index in [1.807, 2.05) is 26.0 Å². The topological polar surface area (TPSA) is 49.3 Å². The predicted molar refractivity (Wildman–Crippen MR) is 90.0 cm³/mol. The summed E-state index contributed by atoms with van der Waals surface area (Å²) in [4.78, 5) is 12.7. The molecule has 1 aromatic rings. The highest BCUT2D eigenvalue weighted by atomic mass is 35.5. The van der Waals surface area contributed by atoms with Gasteiger partial charge in [0, 0.05) is 17.0 Å². The van der Waals surface area contributed by atoms with E-state index < -0.39 is 5.41 Å². The molecule has 0 bridgehead atoms. The molecule has 2 N–H and O–H groups in total. The van der Waals surface area contributed by atoms with Gasteiger partial charge in [-0.25, -0.2) is 0 Å². The number of rotatable bonds is 4. The van der Waals surface area contributed by atoms with Crippen LogP contribution in [-0.4, -0.2) is 23.7 Å². The third-order valence-electron chi connectivity index (χ3n) is 4.67. The van der Waals surface area contributed by atoms with Crippen LogP contribution in [0.4, 0.5) is 0 Å². The molecule has 1 aliphatic rings. The summed E-state index contributed by atoms with van der Waals surface area (Å²) < 4.78 is 0. The zero-order chi connectivity index (χ0) is 16.3. The molecule has 1 aromatic carbocycles. The van der Waals surface area contributed by atoms with Crippen LogP contribution < -0.4 is 5.32 Å². The number of benzene rings is 1. The zero-order valence-electron chi connectivity index (χ0n) is 13.2. The Balaban J connectivity index is 2.13. The van der Waals surface area contributed by atoms with Gasteiger partial charge in [0.05, 0.1) is 12.0 Å². The largest absolute Gasteiger partial charge is 0.396 e. The molecule has 1 aliphatic carbocycles. The van der Waals surface area contributed by atoms with Crippen molar-refractivity contribution in [2.45, 2.75) is 44.6 Å². The minimum atomic E-state index is -0.649. The Kier molecular flexibility index (Phi) is 5.30. The Morgan fingerprint density at radius 3 is 2.64 bits per heavy atom. The molecule has 0 aromatic heterocycles. The van der Waals surface area contributed by atoms with E-state index in [9.17, 15) is 9.90 Å². The molecule has 0 radical (unpaired) electrons. The third kappa shape index (κ3) is 3.53. The third-order valence-corrected chi connectivity index (χ3v) is 4.92. The standard InChI is InChI=1S/C18H24ClNO2/c1-12-5-4-6-16(15(12)11-21)20-17(22)18(2,3)13-7-9-14(19)10-8-13/h7-10,15-16,21H,1,4-6,11H2,2-3H3,(H,20,22). The monoisotopic (exact) mass is 321 g/mol. The van der Waals surface area contributed by atoms with Gasteiger partial charge in [-0.05, 0) is 50.8 Å². The number of amides is 1. The summed E-state index contributed by atoms with van der Waals surface area (Å²) in [5.74, 6) is -0.0771. The normalized spacial score (nSPS) is 22.5. The lowest BCUT2D eigenvalue weighted by Gasteiger charge is -2.35. The zero-order valence-corrected chi connectivity index (χ0v) is 14.0. The molecule has 0 spiro atoms. The molecule has 0 saturated heterocycles. The van der Waals surface area contributed by atoms with E-state index in [4.69, 9.17) is 11.6 Å². The first-order chi connectivity index (χ1) is 10.4. The van der Waals surface area contributed by atoms with Crippen molar-refractivity contribution >= 4 is 17.5 Å². The van der Waals surface area contributed by atoms with Crippen LogP contribution in [0.3, 0.4) is 0 Å². The highest BCUT2D eigenvalue weighted by Gasteiger charge is 2.34. The van der Waals surface area contributed by atoms with Crippen LogP contribution in [0, 0.1) is 5.92 Å². The molecule has 2 atom stereocenters. The fourth-order valence-electron chi connectivity index (χ4n) is 3.00. The van der Waals surface area contributed by atoms with Crippen LogP contribution >= 0.6 is 11.6 Å². The van der Waals surface area contributed by atoms with Crippen molar-refractivity contribution in [3.63, 3.8) is 0 Å². The smallest absolute Gasteiger partial charge is 0.230 e. The number of nitrogens with one attached hydrogen (secondary N) is 1. The van der Waals surface area contributed by atoms with Crippen molar-refractivity contribution < 1.29 is 9.90 Å². The van der Waals surface area contributed by atoms with Gasteiger partial charge in [0.15, 0.2) is 0 Å². The van der Waals surface area contributed by atoms with Gasteiger partial charge in [-0.1, -0.05) is 35.9 Å². The maximum absolute atomic E-state index is 12.7. The molecule has 120 valence electrons. The summed E-state index contributed by atoms with van der Waals surface area (Å²) in [6.45, 7) is 7.86. The summed E-state index contributed by atoms with van der Waals surface area (Å²) in [6.07, 6.45) is 2.81. The van der Waals surface area contributed by atoms with E-state index in [1.54, 1.807) is 12.1 Å². The van der Waals surface area contributed by atoms with Gasteiger partial charge >= 0.3 is 0 Å². The molecule has 1 saturated carbocycles. The summed E-state index contributed by atoms with van der Waals surface area (Å²) in [6, 6.07) is 7.32. The van der Waals surface area contributed by atoms with Gasteiger partial charge in [0.1, 0.15) is 0 Å². The molecule has 1 fully saturated rings. The second-order valence-corrected chi connectivity index (χ2v) is 6.99. The van der Waals surface area contributed by atoms with Crippen LogP contribution in [0.15, 0.2) is 36.4 Å². The highest BCUT2D eigenvalue weighted by Crippen LogP contribution is 2.30. The van der Waals surface area contributed by atoms with Gasteiger partial charge < -0.3 is 10.4 Å². The van der Waals surface area contributed by atoms with Crippen LogP contribution in [0.1, 0.15) is 38.7 Å². The summed E-state index contributed by atoms with van der Waals surface area (Å²) in [7, 11) is 0. The average molecular weight is 322 g/mol. The van der Waals surface area contributed by atoms with Crippen LogP contribution in [0.2, 0.25) is 5.02 Å². The summed E-state index contributed by atoms with van der Waals surface area (Å²) in [5.41, 5.74) is 1.30. The lowest BCUT2D eigenvalue weighted by molar-refractivity contribution is -0.126. The Labute approximate surface area is 137 Å². The van der Waals surface area contributed by atoms with Crippen molar-refractivity contribution in [1.82, 2.24) is 5.32 Å². The average Bonchev–Trinajstić information content (AvgIpc) is 2.48. The lowest BCUT2D eigenvalue weighted by Crippen LogP contribution is -2.50. The number of aliphatic hydroxyl groups excluding tert-OH is 1. The molecular weight excluding hydrogens is 298 g/mol. The minimum Gasteiger partial charge on any atom is -0.396 e. The number of aliphatic hydroxyl groups is 1. The fourth-order valence-corrected chi connectivity index (χ4v) is 3.12. The van der Waals surface area contributed by atoms with Crippen LogP contribution in [0.5, 0.6) is 0 Å². The van der Waals surface area contributed by atoms with Crippen molar-refractivity contribution in [2.75, 3.05) is 6.61 Å². The molecule has 3 nitrogen and oxygen atoms in total. The number of carbonyl (C=O) groups excluding carboxylic acids is 1. The molecule has 1 amide bonds. The van der Waals surface area contributed by atoms with Gasteiger partial charge in [-0.15, -0.1) is 0 Å². The van der Waals surface area contributed by atoms with Gasteiger partial charge in [-0.3, -0.25) is 4.79 Å². The summed E-state index contributed by atoms with van der Waals surface area (Å²) in [5, 5.41) is 13.3. The molecule has 22 heavy (non-hydrogen) atoms. The van der Waals surface area contributed by atoms with Gasteiger partial charge in [0.2, 0.25) is 5.91 Å². The second kappa shape index (κ2) is 6.84. The van der Waals surface area contributed by atoms with E-state index in [0.717, 1.165) is 30.4 Å². The van der Waals surface area contributed by atoms with E-state index >= 15 is 0 Å². The minimum absolute atomic E-state index is 0.0329. The van der Waals surface area contributed by atoms with Crippen molar-refractivity contribution in [3.05, 3.63) is 47.0 Å². The number of hydrogen-bond acceptors (Lipinski definition) is 2. The Bertz CT molecular complexity index is 551. The van der Waals surface area contributed by atoms with Crippen molar-refractivity contribution in [3.8, 4) is 0 Å². The second-order valence-electron chi connectivity index (χ2n) is 6.55. The van der Waals surface area contributed by atoms with E-state index in [1.165, 1.54) is 0 Å². The van der Waals surface area contributed by atoms with E-state index in [-0.39, 0.29) is 24.5 Å². The first-order valence-corrected chi connectivity index (χ1v) is 8.09. The van der Waals surface area contributed by atoms with Gasteiger partial charge in [-0.2, -0.15) is 0 Å². The quantitative estimate of drug-likeness (QED) is 0.834. The highest BCUT2D eigenvalue weighted by molar-refractivity contribution is 6.30.